The third-order valence-corrected chi connectivity index (χ3v) is 7.14. The van der Waals surface area contributed by atoms with Crippen molar-refractivity contribution in [2.24, 2.45) is 50.2 Å². The number of hydrazone groups is 1. The fourth-order valence-electron chi connectivity index (χ4n) is 5.75. The minimum absolute atomic E-state index is 0.0187. The molecule has 4 aliphatic carbocycles. The lowest BCUT2D eigenvalue weighted by Crippen LogP contribution is -2.81. The van der Waals surface area contributed by atoms with Gasteiger partial charge in [0.1, 0.15) is 0 Å². The molecule has 0 radical (unpaired) electrons. The Bertz CT molecular complexity index is 818. The first-order valence-corrected chi connectivity index (χ1v) is 8.39. The van der Waals surface area contributed by atoms with Gasteiger partial charge in [-0.25, -0.2) is 0 Å². The lowest BCUT2D eigenvalue weighted by molar-refractivity contribution is -0.275. The number of hydrogen-bond donors (Lipinski definition) is 2. The quantitative estimate of drug-likeness (QED) is 0.436. The van der Waals surface area contributed by atoms with E-state index in [0.29, 0.717) is 12.3 Å². The predicted molar refractivity (Wildman–Crippen MR) is 91.6 cm³/mol. The number of thiocarbonyl (C=S) groups is 1. The minimum atomic E-state index is -1.77. The summed E-state index contributed by atoms with van der Waals surface area (Å²) in [5.41, 5.74) is 3.39. The molecule has 0 aliphatic heterocycles. The SMILES string of the molecule is CC1(C)C2CC1C1(C=NNC(N)=S)C(C2)C(C#N)(C#N)C1(C#N)C#N. The van der Waals surface area contributed by atoms with Gasteiger partial charge < -0.3 is 5.73 Å². The van der Waals surface area contributed by atoms with E-state index in [1.807, 2.05) is 24.3 Å². The van der Waals surface area contributed by atoms with Crippen molar-refractivity contribution in [3.63, 3.8) is 0 Å². The molecule has 0 aromatic rings. The van der Waals surface area contributed by atoms with Gasteiger partial charge in [0.2, 0.25) is 0 Å². The maximum atomic E-state index is 9.95. The maximum absolute atomic E-state index is 9.95. The molecule has 7 nitrogen and oxygen atoms in total. The largest absolute Gasteiger partial charge is 0.375 e. The summed E-state index contributed by atoms with van der Waals surface area (Å²) in [4.78, 5) is 0. The fraction of sp³-hybridized carbons (Fsp3) is 0.647. The molecule has 126 valence electrons. The first kappa shape index (κ1) is 17.2. The topological polar surface area (TPSA) is 146 Å². The van der Waals surface area contributed by atoms with Gasteiger partial charge in [0.05, 0.1) is 29.7 Å². The van der Waals surface area contributed by atoms with Gasteiger partial charge in [0, 0.05) is 12.1 Å². The summed E-state index contributed by atoms with van der Waals surface area (Å²) in [5, 5.41) is 43.4. The van der Waals surface area contributed by atoms with E-state index in [9.17, 15) is 21.0 Å². The van der Waals surface area contributed by atoms with Gasteiger partial charge in [-0.2, -0.15) is 26.1 Å². The number of nitrogens with zero attached hydrogens (tertiary/aromatic N) is 5. The van der Waals surface area contributed by atoms with Crippen molar-refractivity contribution in [2.45, 2.75) is 26.7 Å². The minimum Gasteiger partial charge on any atom is -0.375 e. The first-order chi connectivity index (χ1) is 11.7. The summed E-state index contributed by atoms with van der Waals surface area (Å²) < 4.78 is 0. The predicted octanol–water partition coefficient (Wildman–Crippen LogP) is 1.55. The number of nitriles is 4. The molecule has 25 heavy (non-hydrogen) atoms. The molecule has 0 aromatic carbocycles. The highest BCUT2D eigenvalue weighted by Gasteiger charge is 2.89. The average Bonchev–Trinajstić information content (AvgIpc) is 2.57. The molecule has 2 bridgehead atoms. The molecule has 0 spiro atoms. The monoisotopic (exact) mass is 351 g/mol. The summed E-state index contributed by atoms with van der Waals surface area (Å²) >= 11 is 4.75. The van der Waals surface area contributed by atoms with E-state index in [4.69, 9.17) is 18.0 Å². The molecular formula is C17H17N7S. The number of rotatable bonds is 2. The van der Waals surface area contributed by atoms with Crippen LogP contribution in [0.15, 0.2) is 5.10 Å². The summed E-state index contributed by atoms with van der Waals surface area (Å²) in [7, 11) is 0. The van der Waals surface area contributed by atoms with Crippen LogP contribution in [-0.2, 0) is 0 Å². The van der Waals surface area contributed by atoms with Crippen molar-refractivity contribution in [1.82, 2.24) is 5.43 Å². The Morgan fingerprint density at radius 2 is 1.68 bits per heavy atom. The second kappa shape index (κ2) is 4.92. The molecule has 4 saturated carbocycles. The van der Waals surface area contributed by atoms with E-state index in [1.54, 1.807) is 0 Å². The zero-order valence-corrected chi connectivity index (χ0v) is 14.8. The molecule has 0 aromatic heterocycles. The third-order valence-electron chi connectivity index (χ3n) is 7.05. The molecule has 0 heterocycles. The molecule has 0 saturated heterocycles. The standard InChI is InChI=1S/C17H17N7S/c1-14(2)10-3-11(14)17(9-23-24-13(22)25)12(4-10)15(5-18,6-19)16(17,7-20)8-21/h9-12H,3-4H2,1-2H3,(H3,22,24,25). The van der Waals surface area contributed by atoms with Crippen molar-refractivity contribution in [1.29, 1.82) is 21.0 Å². The molecule has 4 aliphatic rings. The van der Waals surface area contributed by atoms with Crippen molar-refractivity contribution in [2.75, 3.05) is 0 Å². The van der Waals surface area contributed by atoms with Crippen LogP contribution in [-0.4, -0.2) is 11.3 Å². The number of hydrogen-bond acceptors (Lipinski definition) is 6. The van der Waals surface area contributed by atoms with Crippen LogP contribution >= 0.6 is 12.2 Å². The molecule has 4 rings (SSSR count). The lowest BCUT2D eigenvalue weighted by Gasteiger charge is -2.77. The van der Waals surface area contributed by atoms with Gasteiger partial charge in [-0.1, -0.05) is 13.8 Å². The number of nitrogens with two attached hydrogens (primary N) is 1. The highest BCUT2D eigenvalue weighted by atomic mass is 32.1. The van der Waals surface area contributed by atoms with Crippen molar-refractivity contribution in [3.8, 4) is 24.3 Å². The fourth-order valence-corrected chi connectivity index (χ4v) is 5.81. The van der Waals surface area contributed by atoms with Crippen molar-refractivity contribution < 1.29 is 0 Å². The second-order valence-corrected chi connectivity index (χ2v) is 8.21. The van der Waals surface area contributed by atoms with E-state index < -0.39 is 22.2 Å². The molecule has 4 unspecified atom stereocenters. The number of nitrogens with one attached hydrogen (secondary N) is 1. The van der Waals surface area contributed by atoms with E-state index >= 15 is 0 Å². The summed E-state index contributed by atoms with van der Waals surface area (Å²) in [6, 6.07) is 8.10. The van der Waals surface area contributed by atoms with Crippen LogP contribution < -0.4 is 11.2 Å². The molecule has 0 amide bonds. The van der Waals surface area contributed by atoms with Crippen LogP contribution in [0.2, 0.25) is 0 Å². The van der Waals surface area contributed by atoms with E-state index in [0.717, 1.165) is 6.42 Å². The van der Waals surface area contributed by atoms with Crippen LogP contribution in [0.25, 0.3) is 0 Å². The smallest absolute Gasteiger partial charge is 0.186 e. The molecule has 4 fully saturated rings. The highest BCUT2D eigenvalue weighted by Crippen LogP contribution is 2.84. The van der Waals surface area contributed by atoms with E-state index in [1.165, 1.54) is 6.21 Å². The zero-order valence-electron chi connectivity index (χ0n) is 13.9. The second-order valence-electron chi connectivity index (χ2n) is 7.77. The highest BCUT2D eigenvalue weighted by molar-refractivity contribution is 7.80. The third kappa shape index (κ3) is 1.52. The summed E-state index contributed by atoms with van der Waals surface area (Å²) in [6.45, 7) is 4.22. The lowest BCUT2D eigenvalue weighted by atomic mass is 9.20. The maximum Gasteiger partial charge on any atom is 0.186 e. The van der Waals surface area contributed by atoms with Crippen molar-refractivity contribution in [3.05, 3.63) is 0 Å². The van der Waals surface area contributed by atoms with Gasteiger partial charge >= 0.3 is 0 Å². The average molecular weight is 351 g/mol. The van der Waals surface area contributed by atoms with Crippen LogP contribution in [0, 0.1) is 84.7 Å². The Labute approximate surface area is 151 Å². The summed E-state index contributed by atoms with van der Waals surface area (Å²) in [5.74, 6) is -0.0678. The van der Waals surface area contributed by atoms with Gasteiger partial charge in [-0.15, -0.1) is 0 Å². The molecule has 4 atom stereocenters. The Kier molecular flexibility index (Phi) is 3.37. The Balaban J connectivity index is 2.24. The van der Waals surface area contributed by atoms with Gasteiger partial charge in [-0.3, -0.25) is 5.43 Å². The van der Waals surface area contributed by atoms with Crippen LogP contribution in [0.5, 0.6) is 0 Å². The molecule has 8 heteroatoms. The zero-order chi connectivity index (χ0) is 18.7. The van der Waals surface area contributed by atoms with Gasteiger partial charge in [0.15, 0.2) is 15.9 Å². The van der Waals surface area contributed by atoms with E-state index in [-0.39, 0.29) is 16.4 Å². The van der Waals surface area contributed by atoms with Crippen molar-refractivity contribution >= 4 is 23.5 Å². The van der Waals surface area contributed by atoms with Crippen LogP contribution in [0.3, 0.4) is 0 Å². The molecule has 3 N–H and O–H groups in total. The van der Waals surface area contributed by atoms with E-state index in [2.05, 4.69) is 24.4 Å². The van der Waals surface area contributed by atoms with Gasteiger partial charge in [0.25, 0.3) is 0 Å². The summed E-state index contributed by atoms with van der Waals surface area (Å²) in [6.07, 6.45) is 2.99. The normalized spacial score (nSPS) is 37.6. The Hall–Kier alpha value is -2.68. The van der Waals surface area contributed by atoms with Crippen LogP contribution in [0.4, 0.5) is 0 Å². The van der Waals surface area contributed by atoms with Crippen LogP contribution in [0.1, 0.15) is 26.7 Å². The molecular weight excluding hydrogens is 334 g/mol. The first-order valence-electron chi connectivity index (χ1n) is 7.98. The Morgan fingerprint density at radius 1 is 1.12 bits per heavy atom. The Morgan fingerprint density at radius 3 is 2.12 bits per heavy atom. The van der Waals surface area contributed by atoms with Gasteiger partial charge in [-0.05, 0) is 42.3 Å².